The van der Waals surface area contributed by atoms with Crippen LogP contribution in [-0.4, -0.2) is 26.0 Å². The molecule has 0 atom stereocenters. The number of rotatable bonds is 3. The number of hydrogen-bond acceptors (Lipinski definition) is 3. The van der Waals surface area contributed by atoms with Gasteiger partial charge in [0, 0.05) is 0 Å². The predicted molar refractivity (Wildman–Crippen MR) is 56.6 cm³/mol. The number of nitrogens with zero attached hydrogens (tertiary/aromatic N) is 2. The summed E-state index contributed by atoms with van der Waals surface area (Å²) < 4.78 is 1.42. The Bertz CT molecular complexity index is 505. The molecule has 16 heavy (non-hydrogen) atoms. The van der Waals surface area contributed by atoms with Crippen molar-refractivity contribution < 1.29 is 15.0 Å². The van der Waals surface area contributed by atoms with Crippen LogP contribution >= 0.6 is 0 Å². The molecule has 0 saturated heterocycles. The Morgan fingerprint density at radius 3 is 2.62 bits per heavy atom. The smallest absolute Gasteiger partial charge is 0.309 e. The SMILES string of the molecule is O=C(O)Cc1c(O)cnn1-c1ccccc1. The molecular weight excluding hydrogens is 208 g/mol. The fourth-order valence-corrected chi connectivity index (χ4v) is 1.47. The molecule has 0 aliphatic rings. The molecule has 1 heterocycles. The van der Waals surface area contributed by atoms with Crippen molar-refractivity contribution in [3.8, 4) is 11.4 Å². The van der Waals surface area contributed by atoms with E-state index in [4.69, 9.17) is 5.11 Å². The second-order valence-electron chi connectivity index (χ2n) is 3.29. The molecule has 0 radical (unpaired) electrons. The molecule has 0 unspecified atom stereocenters. The zero-order valence-corrected chi connectivity index (χ0v) is 8.37. The molecule has 2 aromatic rings. The standard InChI is InChI=1S/C11H10N2O3/c14-10-7-12-13(9(10)6-11(15)16)8-4-2-1-3-5-8/h1-5,7,14H,6H2,(H,15,16). The van der Waals surface area contributed by atoms with Crippen molar-refractivity contribution in [2.45, 2.75) is 6.42 Å². The molecule has 0 aliphatic carbocycles. The van der Waals surface area contributed by atoms with Crippen molar-refractivity contribution >= 4 is 5.97 Å². The van der Waals surface area contributed by atoms with Crippen LogP contribution in [0.1, 0.15) is 5.69 Å². The lowest BCUT2D eigenvalue weighted by molar-refractivity contribution is -0.136. The normalized spacial score (nSPS) is 10.2. The second kappa shape index (κ2) is 4.06. The van der Waals surface area contributed by atoms with E-state index in [0.29, 0.717) is 0 Å². The Balaban J connectivity index is 2.46. The van der Waals surface area contributed by atoms with E-state index >= 15 is 0 Å². The molecule has 5 nitrogen and oxygen atoms in total. The predicted octanol–water partition coefficient (Wildman–Crippen LogP) is 1.21. The summed E-state index contributed by atoms with van der Waals surface area (Å²) >= 11 is 0. The number of carbonyl (C=O) groups is 1. The van der Waals surface area contributed by atoms with Crippen molar-refractivity contribution in [1.29, 1.82) is 0 Å². The minimum Gasteiger partial charge on any atom is -0.504 e. The summed E-state index contributed by atoms with van der Waals surface area (Å²) in [6, 6.07) is 9.07. The third kappa shape index (κ3) is 1.88. The highest BCUT2D eigenvalue weighted by atomic mass is 16.4. The molecule has 2 N–H and O–H groups in total. The number of aromatic hydroxyl groups is 1. The van der Waals surface area contributed by atoms with Gasteiger partial charge in [-0.1, -0.05) is 18.2 Å². The maximum Gasteiger partial charge on any atom is 0.309 e. The van der Waals surface area contributed by atoms with E-state index in [2.05, 4.69) is 5.10 Å². The van der Waals surface area contributed by atoms with Crippen LogP contribution in [0.2, 0.25) is 0 Å². The maximum absolute atomic E-state index is 10.7. The Morgan fingerprint density at radius 1 is 1.31 bits per heavy atom. The lowest BCUT2D eigenvalue weighted by atomic mass is 10.2. The fraction of sp³-hybridized carbons (Fsp3) is 0.0909. The van der Waals surface area contributed by atoms with Gasteiger partial charge in [0.05, 0.1) is 24.0 Å². The maximum atomic E-state index is 10.7. The van der Waals surface area contributed by atoms with Crippen LogP contribution in [0.15, 0.2) is 36.5 Å². The van der Waals surface area contributed by atoms with Gasteiger partial charge < -0.3 is 10.2 Å². The molecule has 0 spiro atoms. The minimum absolute atomic E-state index is 0.105. The summed E-state index contributed by atoms with van der Waals surface area (Å²) in [6.45, 7) is 0. The van der Waals surface area contributed by atoms with Gasteiger partial charge in [0.1, 0.15) is 0 Å². The van der Waals surface area contributed by atoms with E-state index in [9.17, 15) is 9.90 Å². The number of hydrogen-bond donors (Lipinski definition) is 2. The Kier molecular flexibility index (Phi) is 2.59. The molecule has 0 fully saturated rings. The van der Waals surface area contributed by atoms with Crippen LogP contribution < -0.4 is 0 Å². The number of carboxylic acids is 1. The first-order chi connectivity index (χ1) is 7.68. The average molecular weight is 218 g/mol. The molecular formula is C11H10N2O3. The van der Waals surface area contributed by atoms with Gasteiger partial charge in [-0.15, -0.1) is 0 Å². The Labute approximate surface area is 91.6 Å². The molecule has 2 rings (SSSR count). The lowest BCUT2D eigenvalue weighted by Gasteiger charge is -2.05. The van der Waals surface area contributed by atoms with E-state index < -0.39 is 5.97 Å². The zero-order chi connectivity index (χ0) is 11.5. The van der Waals surface area contributed by atoms with Crippen LogP contribution in [0, 0.1) is 0 Å². The highest BCUT2D eigenvalue weighted by Gasteiger charge is 2.14. The van der Waals surface area contributed by atoms with E-state index in [1.165, 1.54) is 10.9 Å². The van der Waals surface area contributed by atoms with Crippen LogP contribution in [0.4, 0.5) is 0 Å². The zero-order valence-electron chi connectivity index (χ0n) is 8.37. The number of carboxylic acid groups (broad SMARTS) is 1. The summed E-state index contributed by atoms with van der Waals surface area (Å²) in [5.41, 5.74) is 0.998. The first-order valence-electron chi connectivity index (χ1n) is 4.71. The van der Waals surface area contributed by atoms with Gasteiger partial charge >= 0.3 is 5.97 Å². The molecule has 0 bridgehead atoms. The second-order valence-corrected chi connectivity index (χ2v) is 3.29. The van der Waals surface area contributed by atoms with Crippen LogP contribution in [-0.2, 0) is 11.2 Å². The van der Waals surface area contributed by atoms with Gasteiger partial charge in [-0.25, -0.2) is 4.68 Å². The summed E-state index contributed by atoms with van der Waals surface area (Å²) in [5, 5.41) is 22.2. The molecule has 1 aromatic carbocycles. The molecule has 1 aromatic heterocycles. The Morgan fingerprint density at radius 2 is 2.00 bits per heavy atom. The number of para-hydroxylation sites is 1. The summed E-state index contributed by atoms with van der Waals surface area (Å²) in [7, 11) is 0. The fourth-order valence-electron chi connectivity index (χ4n) is 1.47. The van der Waals surface area contributed by atoms with Crippen molar-refractivity contribution in [2.24, 2.45) is 0 Å². The highest BCUT2D eigenvalue weighted by Crippen LogP contribution is 2.20. The number of benzene rings is 1. The third-order valence-electron chi connectivity index (χ3n) is 2.17. The van der Waals surface area contributed by atoms with Crippen LogP contribution in [0.5, 0.6) is 5.75 Å². The summed E-state index contributed by atoms with van der Waals surface area (Å²) in [6.07, 6.45) is 0.978. The van der Waals surface area contributed by atoms with Crippen LogP contribution in [0.25, 0.3) is 5.69 Å². The molecule has 0 aliphatic heterocycles. The molecule has 5 heteroatoms. The van der Waals surface area contributed by atoms with Gasteiger partial charge in [-0.05, 0) is 12.1 Å². The largest absolute Gasteiger partial charge is 0.504 e. The minimum atomic E-state index is -1.01. The van der Waals surface area contributed by atoms with Gasteiger partial charge in [0.15, 0.2) is 5.75 Å². The number of aliphatic carboxylic acids is 1. The first kappa shape index (κ1) is 10.2. The van der Waals surface area contributed by atoms with Gasteiger partial charge in [-0.3, -0.25) is 4.79 Å². The average Bonchev–Trinajstić information content (AvgIpc) is 2.61. The summed E-state index contributed by atoms with van der Waals surface area (Å²) in [5.74, 6) is -1.11. The van der Waals surface area contributed by atoms with Gasteiger partial charge in [0.2, 0.25) is 0 Å². The monoisotopic (exact) mass is 218 g/mol. The van der Waals surface area contributed by atoms with Crippen LogP contribution in [0.3, 0.4) is 0 Å². The topological polar surface area (TPSA) is 75.3 Å². The van der Waals surface area contributed by atoms with Crippen molar-refractivity contribution in [3.63, 3.8) is 0 Å². The van der Waals surface area contributed by atoms with Crippen molar-refractivity contribution in [2.75, 3.05) is 0 Å². The summed E-state index contributed by atoms with van der Waals surface area (Å²) in [4.78, 5) is 10.7. The molecule has 82 valence electrons. The lowest BCUT2D eigenvalue weighted by Crippen LogP contribution is -2.07. The third-order valence-corrected chi connectivity index (χ3v) is 2.17. The first-order valence-corrected chi connectivity index (χ1v) is 4.71. The van der Waals surface area contributed by atoms with Gasteiger partial charge in [-0.2, -0.15) is 5.10 Å². The Hall–Kier alpha value is -2.30. The van der Waals surface area contributed by atoms with Gasteiger partial charge in [0.25, 0.3) is 0 Å². The van der Waals surface area contributed by atoms with E-state index in [-0.39, 0.29) is 17.9 Å². The quantitative estimate of drug-likeness (QED) is 0.811. The molecule has 0 saturated carbocycles. The van der Waals surface area contributed by atoms with E-state index in [1.807, 2.05) is 18.2 Å². The number of aromatic nitrogens is 2. The van der Waals surface area contributed by atoms with E-state index in [0.717, 1.165) is 5.69 Å². The molecule has 0 amide bonds. The highest BCUT2D eigenvalue weighted by molar-refractivity contribution is 5.70. The van der Waals surface area contributed by atoms with E-state index in [1.54, 1.807) is 12.1 Å². The van der Waals surface area contributed by atoms with Crippen molar-refractivity contribution in [3.05, 3.63) is 42.2 Å². The van der Waals surface area contributed by atoms with Crippen molar-refractivity contribution in [1.82, 2.24) is 9.78 Å².